The van der Waals surface area contributed by atoms with E-state index >= 15 is 0 Å². The molecule has 0 saturated carbocycles. The Morgan fingerprint density at radius 2 is 1.76 bits per heavy atom. The third-order valence-electron chi connectivity index (χ3n) is 5.57. The summed E-state index contributed by atoms with van der Waals surface area (Å²) >= 11 is 12.2. The summed E-state index contributed by atoms with van der Waals surface area (Å²) in [7, 11) is 1.34. The Morgan fingerprint density at radius 1 is 1.09 bits per heavy atom. The van der Waals surface area contributed by atoms with Crippen molar-refractivity contribution in [3.8, 4) is 11.5 Å². The lowest BCUT2D eigenvalue weighted by Crippen LogP contribution is -2.46. The highest BCUT2D eigenvalue weighted by atomic mass is 35.5. The SMILES string of the molecule is COC(=O)C1CCCN1C(=O)C(CN)Cc1ccc(OCCOc2c(Cl)cccc2Cl)cc1. The number of nitrogens with two attached hydrogens (primary N) is 1. The second-order valence-electron chi connectivity index (χ2n) is 7.74. The van der Waals surface area contributed by atoms with Gasteiger partial charge in [0.05, 0.1) is 23.1 Å². The van der Waals surface area contributed by atoms with E-state index in [9.17, 15) is 9.59 Å². The van der Waals surface area contributed by atoms with E-state index in [0.29, 0.717) is 47.5 Å². The number of methoxy groups -OCH3 is 1. The minimum absolute atomic E-state index is 0.110. The highest BCUT2D eigenvalue weighted by Crippen LogP contribution is 2.32. The Balaban J connectivity index is 1.50. The monoisotopic (exact) mass is 494 g/mol. The van der Waals surface area contributed by atoms with Gasteiger partial charge in [-0.3, -0.25) is 4.79 Å². The third kappa shape index (κ3) is 6.53. The van der Waals surface area contributed by atoms with Gasteiger partial charge in [0, 0.05) is 13.1 Å². The van der Waals surface area contributed by atoms with Gasteiger partial charge < -0.3 is 24.8 Å². The number of likely N-dealkylation sites (tertiary alicyclic amines) is 1. The molecule has 0 aromatic heterocycles. The lowest BCUT2D eigenvalue weighted by atomic mass is 9.97. The molecule has 33 heavy (non-hydrogen) atoms. The number of ether oxygens (including phenoxy) is 3. The zero-order valence-corrected chi connectivity index (χ0v) is 20.0. The molecule has 7 nitrogen and oxygen atoms in total. The van der Waals surface area contributed by atoms with Crippen LogP contribution in [0.1, 0.15) is 18.4 Å². The maximum atomic E-state index is 13.0. The number of halogens is 2. The summed E-state index contributed by atoms with van der Waals surface area (Å²) in [5.41, 5.74) is 6.86. The van der Waals surface area contributed by atoms with Crippen LogP contribution in [0.2, 0.25) is 10.0 Å². The molecule has 9 heteroatoms. The fraction of sp³-hybridized carbons (Fsp3) is 0.417. The van der Waals surface area contributed by atoms with Crippen molar-refractivity contribution in [2.24, 2.45) is 11.7 Å². The van der Waals surface area contributed by atoms with Gasteiger partial charge >= 0.3 is 5.97 Å². The summed E-state index contributed by atoms with van der Waals surface area (Å²) in [5.74, 6) is 0.217. The zero-order chi connectivity index (χ0) is 23.8. The van der Waals surface area contributed by atoms with Crippen LogP contribution in [0, 0.1) is 5.92 Å². The van der Waals surface area contributed by atoms with E-state index in [-0.39, 0.29) is 25.0 Å². The average molecular weight is 495 g/mol. The molecule has 1 heterocycles. The first kappa shape index (κ1) is 25.1. The van der Waals surface area contributed by atoms with Gasteiger partial charge in [0.25, 0.3) is 0 Å². The topological polar surface area (TPSA) is 91.1 Å². The van der Waals surface area contributed by atoms with Crippen LogP contribution >= 0.6 is 23.2 Å². The van der Waals surface area contributed by atoms with Crippen LogP contribution < -0.4 is 15.2 Å². The van der Waals surface area contributed by atoms with Crippen molar-refractivity contribution >= 4 is 35.1 Å². The number of esters is 1. The molecule has 0 aliphatic carbocycles. The molecule has 178 valence electrons. The number of carbonyl (C=O) groups is 2. The molecule has 2 atom stereocenters. The Labute approximate surface area is 203 Å². The molecular formula is C24H28Cl2N2O5. The second kappa shape index (κ2) is 12.1. The maximum Gasteiger partial charge on any atom is 0.328 e. The molecule has 0 radical (unpaired) electrons. The normalized spacial score (nSPS) is 16.4. The zero-order valence-electron chi connectivity index (χ0n) is 18.5. The Morgan fingerprint density at radius 3 is 2.39 bits per heavy atom. The van der Waals surface area contributed by atoms with E-state index in [4.69, 9.17) is 43.1 Å². The summed E-state index contributed by atoms with van der Waals surface area (Å²) < 4.78 is 16.2. The molecule has 0 spiro atoms. The van der Waals surface area contributed by atoms with Crippen LogP contribution in [-0.2, 0) is 20.7 Å². The predicted molar refractivity (Wildman–Crippen MR) is 127 cm³/mol. The summed E-state index contributed by atoms with van der Waals surface area (Å²) in [6, 6.07) is 12.1. The minimum Gasteiger partial charge on any atom is -0.490 e. The van der Waals surface area contributed by atoms with Crippen molar-refractivity contribution in [1.29, 1.82) is 0 Å². The van der Waals surface area contributed by atoms with E-state index < -0.39 is 12.0 Å². The number of hydrogen-bond acceptors (Lipinski definition) is 6. The van der Waals surface area contributed by atoms with Crippen LogP contribution in [0.4, 0.5) is 0 Å². The first-order valence-electron chi connectivity index (χ1n) is 10.8. The molecule has 1 amide bonds. The van der Waals surface area contributed by atoms with Crippen molar-refractivity contribution in [1.82, 2.24) is 4.90 Å². The predicted octanol–water partition coefficient (Wildman–Crippen LogP) is 3.73. The smallest absolute Gasteiger partial charge is 0.328 e. The van der Waals surface area contributed by atoms with Gasteiger partial charge in [0.2, 0.25) is 5.91 Å². The number of amides is 1. The van der Waals surface area contributed by atoms with E-state index in [1.807, 2.05) is 24.3 Å². The van der Waals surface area contributed by atoms with Crippen molar-refractivity contribution in [3.63, 3.8) is 0 Å². The van der Waals surface area contributed by atoms with E-state index in [2.05, 4.69) is 0 Å². The van der Waals surface area contributed by atoms with Crippen molar-refractivity contribution in [3.05, 3.63) is 58.1 Å². The average Bonchev–Trinajstić information content (AvgIpc) is 3.31. The number of para-hydroxylation sites is 1. The number of rotatable bonds is 10. The molecule has 1 aliphatic heterocycles. The lowest BCUT2D eigenvalue weighted by molar-refractivity contribution is -0.152. The number of hydrogen-bond donors (Lipinski definition) is 1. The first-order chi connectivity index (χ1) is 15.9. The van der Waals surface area contributed by atoms with Crippen molar-refractivity contribution in [2.75, 3.05) is 33.4 Å². The van der Waals surface area contributed by atoms with Gasteiger partial charge in [0.1, 0.15) is 25.0 Å². The van der Waals surface area contributed by atoms with Crippen LogP contribution in [0.25, 0.3) is 0 Å². The fourth-order valence-corrected chi connectivity index (χ4v) is 4.35. The Hall–Kier alpha value is -2.48. The van der Waals surface area contributed by atoms with Crippen LogP contribution in [-0.4, -0.2) is 56.2 Å². The van der Waals surface area contributed by atoms with Gasteiger partial charge in [-0.05, 0) is 49.1 Å². The minimum atomic E-state index is -0.518. The highest BCUT2D eigenvalue weighted by Gasteiger charge is 2.37. The first-order valence-corrected chi connectivity index (χ1v) is 11.6. The van der Waals surface area contributed by atoms with E-state index in [1.165, 1.54) is 7.11 Å². The molecule has 1 aliphatic rings. The molecule has 2 unspecified atom stereocenters. The maximum absolute atomic E-state index is 13.0. The molecule has 2 aromatic rings. The van der Waals surface area contributed by atoms with Gasteiger partial charge in [-0.2, -0.15) is 0 Å². The summed E-state index contributed by atoms with van der Waals surface area (Å²) in [6.07, 6.45) is 1.88. The second-order valence-corrected chi connectivity index (χ2v) is 8.56. The highest BCUT2D eigenvalue weighted by molar-refractivity contribution is 6.37. The molecule has 1 saturated heterocycles. The van der Waals surface area contributed by atoms with Crippen molar-refractivity contribution in [2.45, 2.75) is 25.3 Å². The Bertz CT molecular complexity index is 934. The number of nitrogens with zero attached hydrogens (tertiary/aromatic N) is 1. The fourth-order valence-electron chi connectivity index (χ4n) is 3.85. The number of benzene rings is 2. The third-order valence-corrected chi connectivity index (χ3v) is 6.16. The summed E-state index contributed by atoms with van der Waals surface area (Å²) in [4.78, 5) is 26.6. The van der Waals surface area contributed by atoms with E-state index in [0.717, 1.165) is 12.0 Å². The molecule has 1 fully saturated rings. The van der Waals surface area contributed by atoms with Gasteiger partial charge in [-0.25, -0.2) is 4.79 Å². The van der Waals surface area contributed by atoms with Crippen LogP contribution in [0.5, 0.6) is 11.5 Å². The van der Waals surface area contributed by atoms with Crippen LogP contribution in [0.3, 0.4) is 0 Å². The van der Waals surface area contributed by atoms with Gasteiger partial charge in [0.15, 0.2) is 5.75 Å². The molecule has 0 bridgehead atoms. The standard InChI is InChI=1S/C24H28Cl2N2O5/c1-31-24(30)21-6-3-11-28(21)23(29)17(15-27)14-16-7-9-18(10-8-16)32-12-13-33-22-19(25)4-2-5-20(22)26/h2,4-5,7-10,17,21H,3,6,11-15,27H2,1H3. The number of carbonyl (C=O) groups excluding carboxylic acids is 2. The van der Waals surface area contributed by atoms with Crippen molar-refractivity contribution < 1.29 is 23.8 Å². The molecule has 2 N–H and O–H groups in total. The summed E-state index contributed by atoms with van der Waals surface area (Å²) in [5, 5.41) is 0.894. The molecule has 2 aromatic carbocycles. The molecular weight excluding hydrogens is 467 g/mol. The Kier molecular flexibility index (Phi) is 9.23. The van der Waals surface area contributed by atoms with Gasteiger partial charge in [-0.1, -0.05) is 41.4 Å². The van der Waals surface area contributed by atoms with E-state index in [1.54, 1.807) is 23.1 Å². The van der Waals surface area contributed by atoms with Crippen LogP contribution in [0.15, 0.2) is 42.5 Å². The lowest BCUT2D eigenvalue weighted by Gasteiger charge is -2.27. The quantitative estimate of drug-likeness (QED) is 0.399. The molecule has 3 rings (SSSR count). The summed E-state index contributed by atoms with van der Waals surface area (Å²) in [6.45, 7) is 1.34. The largest absolute Gasteiger partial charge is 0.490 e. The van der Waals surface area contributed by atoms with Gasteiger partial charge in [-0.15, -0.1) is 0 Å².